The molecular formula is C10H14O3. The van der Waals surface area contributed by atoms with Gasteiger partial charge in [0.05, 0.1) is 19.0 Å². The lowest BCUT2D eigenvalue weighted by atomic mass is 10.2. The summed E-state index contributed by atoms with van der Waals surface area (Å²) in [5.41, 5.74) is 0. The van der Waals surface area contributed by atoms with Crippen LogP contribution < -0.4 is 0 Å². The lowest BCUT2D eigenvalue weighted by Crippen LogP contribution is -2.08. The first-order valence-corrected chi connectivity index (χ1v) is 4.70. The Bertz CT molecular complexity index is 243. The normalized spacial score (nSPS) is 28.1. The molecule has 0 amide bonds. The summed E-state index contributed by atoms with van der Waals surface area (Å²) in [4.78, 5) is 0. The maximum atomic E-state index is 5.63. The average molecular weight is 182 g/mol. The molecule has 1 aromatic rings. The zero-order valence-corrected chi connectivity index (χ0v) is 7.73. The summed E-state index contributed by atoms with van der Waals surface area (Å²) in [6, 6.07) is 3.72. The standard InChI is InChI=1S/C10H14O3/c1-2-4-8-7-12-10(13-8)9-5-3-6-11-9/h3,5-6,8,10H,2,4,7H2,1H3. The lowest BCUT2D eigenvalue weighted by molar-refractivity contribution is -0.0747. The van der Waals surface area contributed by atoms with Crippen molar-refractivity contribution in [3.8, 4) is 0 Å². The zero-order valence-electron chi connectivity index (χ0n) is 7.73. The molecule has 0 aromatic carbocycles. The Labute approximate surface area is 77.6 Å². The molecule has 3 nitrogen and oxygen atoms in total. The van der Waals surface area contributed by atoms with Crippen molar-refractivity contribution in [2.75, 3.05) is 6.61 Å². The van der Waals surface area contributed by atoms with E-state index in [2.05, 4.69) is 6.92 Å². The van der Waals surface area contributed by atoms with Crippen molar-refractivity contribution in [3.05, 3.63) is 24.2 Å². The molecule has 2 rings (SSSR count). The van der Waals surface area contributed by atoms with Gasteiger partial charge in [-0.3, -0.25) is 0 Å². The first-order valence-electron chi connectivity index (χ1n) is 4.70. The van der Waals surface area contributed by atoms with Crippen LogP contribution in [0.15, 0.2) is 22.8 Å². The Morgan fingerprint density at radius 1 is 1.54 bits per heavy atom. The monoisotopic (exact) mass is 182 g/mol. The average Bonchev–Trinajstić information content (AvgIpc) is 2.70. The van der Waals surface area contributed by atoms with Gasteiger partial charge in [-0.2, -0.15) is 0 Å². The van der Waals surface area contributed by atoms with E-state index < -0.39 is 0 Å². The summed E-state index contributed by atoms with van der Waals surface area (Å²) in [5, 5.41) is 0. The third-order valence-electron chi connectivity index (χ3n) is 2.14. The summed E-state index contributed by atoms with van der Waals surface area (Å²) < 4.78 is 16.3. The number of furan rings is 1. The van der Waals surface area contributed by atoms with Gasteiger partial charge in [0.2, 0.25) is 6.29 Å². The minimum absolute atomic E-state index is 0.236. The van der Waals surface area contributed by atoms with Gasteiger partial charge < -0.3 is 13.9 Å². The first kappa shape index (κ1) is 8.78. The van der Waals surface area contributed by atoms with Gasteiger partial charge in [0.25, 0.3) is 0 Å². The maximum absolute atomic E-state index is 5.63. The molecule has 0 aliphatic carbocycles. The van der Waals surface area contributed by atoms with Gasteiger partial charge in [-0.1, -0.05) is 13.3 Å². The van der Waals surface area contributed by atoms with Crippen molar-refractivity contribution < 1.29 is 13.9 Å². The van der Waals surface area contributed by atoms with Crippen LogP contribution in [0.5, 0.6) is 0 Å². The number of hydrogen-bond acceptors (Lipinski definition) is 3. The van der Waals surface area contributed by atoms with Crippen LogP contribution in [0.3, 0.4) is 0 Å². The summed E-state index contributed by atoms with van der Waals surface area (Å²) in [7, 11) is 0. The molecule has 72 valence electrons. The molecule has 1 aliphatic rings. The predicted octanol–water partition coefficient (Wildman–Crippen LogP) is 2.49. The molecule has 13 heavy (non-hydrogen) atoms. The highest BCUT2D eigenvalue weighted by molar-refractivity contribution is 5.00. The van der Waals surface area contributed by atoms with Crippen LogP contribution in [0.2, 0.25) is 0 Å². The SMILES string of the molecule is CCCC1COC(c2ccco2)O1. The van der Waals surface area contributed by atoms with E-state index >= 15 is 0 Å². The van der Waals surface area contributed by atoms with Crippen LogP contribution in [0.25, 0.3) is 0 Å². The molecule has 0 saturated carbocycles. The minimum atomic E-state index is -0.286. The summed E-state index contributed by atoms with van der Waals surface area (Å²) in [5.74, 6) is 0.763. The Morgan fingerprint density at radius 3 is 3.15 bits per heavy atom. The smallest absolute Gasteiger partial charge is 0.217 e. The van der Waals surface area contributed by atoms with Crippen LogP contribution >= 0.6 is 0 Å². The molecule has 1 fully saturated rings. The van der Waals surface area contributed by atoms with Gasteiger partial charge >= 0.3 is 0 Å². The molecule has 3 heteroatoms. The largest absolute Gasteiger partial charge is 0.464 e. The fraction of sp³-hybridized carbons (Fsp3) is 0.600. The van der Waals surface area contributed by atoms with Gasteiger partial charge in [0.1, 0.15) is 0 Å². The fourth-order valence-electron chi connectivity index (χ4n) is 1.50. The van der Waals surface area contributed by atoms with Crippen molar-refractivity contribution in [2.45, 2.75) is 32.2 Å². The second-order valence-electron chi connectivity index (χ2n) is 3.23. The third kappa shape index (κ3) is 1.92. The lowest BCUT2D eigenvalue weighted by Gasteiger charge is -2.07. The van der Waals surface area contributed by atoms with E-state index in [0.717, 1.165) is 18.6 Å². The van der Waals surface area contributed by atoms with Gasteiger partial charge in [-0.15, -0.1) is 0 Å². The van der Waals surface area contributed by atoms with Crippen LogP contribution in [-0.4, -0.2) is 12.7 Å². The second kappa shape index (κ2) is 3.94. The number of rotatable bonds is 3. The molecule has 1 aliphatic heterocycles. The number of hydrogen-bond donors (Lipinski definition) is 0. The molecule has 2 unspecified atom stereocenters. The van der Waals surface area contributed by atoms with Crippen LogP contribution in [0.4, 0.5) is 0 Å². The maximum Gasteiger partial charge on any atom is 0.217 e. The molecule has 0 bridgehead atoms. The molecule has 2 atom stereocenters. The quantitative estimate of drug-likeness (QED) is 0.719. The van der Waals surface area contributed by atoms with Crippen molar-refractivity contribution in [1.29, 1.82) is 0 Å². The Morgan fingerprint density at radius 2 is 2.46 bits per heavy atom. The Hall–Kier alpha value is -0.800. The summed E-state index contributed by atoms with van der Waals surface area (Å²) >= 11 is 0. The minimum Gasteiger partial charge on any atom is -0.464 e. The van der Waals surface area contributed by atoms with E-state index in [4.69, 9.17) is 13.9 Å². The summed E-state index contributed by atoms with van der Waals surface area (Å²) in [6.07, 6.45) is 3.76. The van der Waals surface area contributed by atoms with Gasteiger partial charge in [0.15, 0.2) is 5.76 Å². The predicted molar refractivity (Wildman–Crippen MR) is 47.2 cm³/mol. The molecule has 1 aromatic heterocycles. The van der Waals surface area contributed by atoms with E-state index in [1.807, 2.05) is 12.1 Å². The molecular weight excluding hydrogens is 168 g/mol. The first-order chi connectivity index (χ1) is 6.40. The van der Waals surface area contributed by atoms with Crippen LogP contribution in [0, 0.1) is 0 Å². The topological polar surface area (TPSA) is 31.6 Å². The molecule has 0 radical (unpaired) electrons. The van der Waals surface area contributed by atoms with Gasteiger partial charge in [-0.25, -0.2) is 0 Å². The van der Waals surface area contributed by atoms with E-state index in [0.29, 0.717) is 6.61 Å². The van der Waals surface area contributed by atoms with E-state index in [9.17, 15) is 0 Å². The highest BCUT2D eigenvalue weighted by Gasteiger charge is 2.28. The molecule has 0 spiro atoms. The Kier molecular flexibility index (Phi) is 2.66. The second-order valence-corrected chi connectivity index (χ2v) is 3.23. The van der Waals surface area contributed by atoms with Crippen molar-refractivity contribution in [3.63, 3.8) is 0 Å². The van der Waals surface area contributed by atoms with E-state index in [1.165, 1.54) is 0 Å². The zero-order chi connectivity index (χ0) is 9.10. The van der Waals surface area contributed by atoms with E-state index in [1.54, 1.807) is 6.26 Å². The highest BCUT2D eigenvalue weighted by Crippen LogP contribution is 2.28. The summed E-state index contributed by atoms with van der Waals surface area (Å²) in [6.45, 7) is 2.82. The van der Waals surface area contributed by atoms with Gasteiger partial charge in [0, 0.05) is 0 Å². The highest BCUT2D eigenvalue weighted by atomic mass is 16.7. The van der Waals surface area contributed by atoms with Crippen molar-refractivity contribution >= 4 is 0 Å². The van der Waals surface area contributed by atoms with Crippen LogP contribution in [0.1, 0.15) is 31.8 Å². The molecule has 0 N–H and O–H groups in total. The molecule has 2 heterocycles. The van der Waals surface area contributed by atoms with Crippen molar-refractivity contribution in [1.82, 2.24) is 0 Å². The fourth-order valence-corrected chi connectivity index (χ4v) is 1.50. The van der Waals surface area contributed by atoms with E-state index in [-0.39, 0.29) is 12.4 Å². The third-order valence-corrected chi connectivity index (χ3v) is 2.14. The number of ether oxygens (including phenoxy) is 2. The Balaban J connectivity index is 1.91. The van der Waals surface area contributed by atoms with Crippen molar-refractivity contribution in [2.24, 2.45) is 0 Å². The van der Waals surface area contributed by atoms with Crippen LogP contribution in [-0.2, 0) is 9.47 Å². The molecule has 1 saturated heterocycles. The van der Waals surface area contributed by atoms with Gasteiger partial charge in [-0.05, 0) is 18.6 Å².